The molecular weight excluding hydrogens is 324 g/mol. The summed E-state index contributed by atoms with van der Waals surface area (Å²) in [6.07, 6.45) is 1.15. The summed E-state index contributed by atoms with van der Waals surface area (Å²) in [5, 5.41) is 12.4. The largest absolute Gasteiger partial charge is 0.481 e. The highest BCUT2D eigenvalue weighted by atomic mass is 16.5. The van der Waals surface area contributed by atoms with Crippen LogP contribution in [0.25, 0.3) is 0 Å². The van der Waals surface area contributed by atoms with Crippen molar-refractivity contribution in [2.75, 3.05) is 32.1 Å². The minimum Gasteiger partial charge on any atom is -0.481 e. The SMILES string of the molecule is COCC1(C(=O)O)CCCN(C(=O)C2CC(=O)Nc3ccccc32)C1. The van der Waals surface area contributed by atoms with Gasteiger partial charge in [-0.25, -0.2) is 0 Å². The van der Waals surface area contributed by atoms with E-state index in [0.717, 1.165) is 5.56 Å². The highest BCUT2D eigenvalue weighted by Gasteiger charge is 2.45. The van der Waals surface area contributed by atoms with Crippen LogP contribution in [0, 0.1) is 5.41 Å². The second kappa shape index (κ2) is 6.84. The van der Waals surface area contributed by atoms with E-state index in [1.807, 2.05) is 12.1 Å². The van der Waals surface area contributed by atoms with E-state index in [1.165, 1.54) is 7.11 Å². The summed E-state index contributed by atoms with van der Waals surface area (Å²) >= 11 is 0. The molecule has 7 heteroatoms. The standard InChI is InChI=1S/C18H22N2O5/c1-25-11-18(17(23)24)7-4-8-20(10-18)16(22)13-9-15(21)19-14-6-3-2-5-12(13)14/h2-3,5-6,13H,4,7-11H2,1H3,(H,19,21)(H,23,24). The average molecular weight is 346 g/mol. The number of likely N-dealkylation sites (tertiary alicyclic amines) is 1. The van der Waals surface area contributed by atoms with Crippen molar-refractivity contribution in [2.24, 2.45) is 5.41 Å². The minimum absolute atomic E-state index is 0.0633. The van der Waals surface area contributed by atoms with Crippen LogP contribution >= 0.6 is 0 Å². The van der Waals surface area contributed by atoms with Gasteiger partial charge in [0.2, 0.25) is 11.8 Å². The van der Waals surface area contributed by atoms with Gasteiger partial charge in [0.25, 0.3) is 0 Å². The van der Waals surface area contributed by atoms with Gasteiger partial charge in [0.05, 0.1) is 12.5 Å². The van der Waals surface area contributed by atoms with Crippen LogP contribution in [0.4, 0.5) is 5.69 Å². The van der Waals surface area contributed by atoms with E-state index in [0.29, 0.717) is 25.1 Å². The normalized spacial score (nSPS) is 25.9. The number of carboxylic acids is 1. The molecule has 0 saturated carbocycles. The first-order valence-electron chi connectivity index (χ1n) is 8.37. The summed E-state index contributed by atoms with van der Waals surface area (Å²) in [6, 6.07) is 7.25. The molecule has 3 rings (SSSR count). The molecule has 0 radical (unpaired) electrons. The highest BCUT2D eigenvalue weighted by Crippen LogP contribution is 2.36. The molecule has 7 nitrogen and oxygen atoms in total. The monoisotopic (exact) mass is 346 g/mol. The number of methoxy groups -OCH3 is 1. The lowest BCUT2D eigenvalue weighted by Crippen LogP contribution is -2.53. The van der Waals surface area contributed by atoms with Crippen LogP contribution < -0.4 is 5.32 Å². The van der Waals surface area contributed by atoms with Gasteiger partial charge >= 0.3 is 5.97 Å². The number of anilines is 1. The van der Waals surface area contributed by atoms with Gasteiger partial charge in [-0.15, -0.1) is 0 Å². The first-order valence-corrected chi connectivity index (χ1v) is 8.37. The lowest BCUT2D eigenvalue weighted by molar-refractivity contribution is -0.159. The van der Waals surface area contributed by atoms with E-state index in [2.05, 4.69) is 5.32 Å². The molecule has 0 spiro atoms. The van der Waals surface area contributed by atoms with Crippen LogP contribution in [0.15, 0.2) is 24.3 Å². The molecule has 0 bridgehead atoms. The van der Waals surface area contributed by atoms with E-state index < -0.39 is 17.3 Å². The van der Waals surface area contributed by atoms with E-state index in [4.69, 9.17) is 4.74 Å². The van der Waals surface area contributed by atoms with Crippen molar-refractivity contribution < 1.29 is 24.2 Å². The lowest BCUT2D eigenvalue weighted by Gasteiger charge is -2.41. The fourth-order valence-corrected chi connectivity index (χ4v) is 3.80. The smallest absolute Gasteiger partial charge is 0.313 e. The van der Waals surface area contributed by atoms with E-state index in [-0.39, 0.29) is 31.4 Å². The maximum Gasteiger partial charge on any atom is 0.313 e. The second-order valence-corrected chi connectivity index (χ2v) is 6.77. The second-order valence-electron chi connectivity index (χ2n) is 6.77. The number of nitrogens with zero attached hydrogens (tertiary/aromatic N) is 1. The van der Waals surface area contributed by atoms with Crippen LogP contribution in [0.3, 0.4) is 0 Å². The van der Waals surface area contributed by atoms with Crippen LogP contribution in [-0.4, -0.2) is 54.6 Å². The van der Waals surface area contributed by atoms with Crippen LogP contribution in [0.2, 0.25) is 0 Å². The zero-order valence-corrected chi connectivity index (χ0v) is 14.2. The molecule has 2 atom stereocenters. The topological polar surface area (TPSA) is 95.9 Å². The Morgan fingerprint density at radius 1 is 1.40 bits per heavy atom. The number of hydrogen-bond acceptors (Lipinski definition) is 4. The van der Waals surface area contributed by atoms with Gasteiger partial charge in [0.1, 0.15) is 5.41 Å². The van der Waals surface area contributed by atoms with Crippen LogP contribution in [0.1, 0.15) is 30.7 Å². The fraction of sp³-hybridized carbons (Fsp3) is 0.500. The Labute approximate surface area is 146 Å². The molecule has 2 unspecified atom stereocenters. The molecular formula is C18H22N2O5. The number of hydrogen-bond donors (Lipinski definition) is 2. The number of benzene rings is 1. The summed E-state index contributed by atoms with van der Waals surface area (Å²) < 4.78 is 5.11. The van der Waals surface area contributed by atoms with Crippen molar-refractivity contribution in [3.8, 4) is 0 Å². The summed E-state index contributed by atoms with van der Waals surface area (Å²) in [7, 11) is 1.47. The van der Waals surface area contributed by atoms with Gasteiger partial charge in [-0.05, 0) is 24.5 Å². The summed E-state index contributed by atoms with van der Waals surface area (Å²) in [4.78, 5) is 38.4. The molecule has 1 fully saturated rings. The van der Waals surface area contributed by atoms with Crippen molar-refractivity contribution in [1.29, 1.82) is 0 Å². The molecule has 134 valence electrons. The lowest BCUT2D eigenvalue weighted by atomic mass is 9.79. The number of carbonyl (C=O) groups excluding carboxylic acids is 2. The first kappa shape index (κ1) is 17.4. The quantitative estimate of drug-likeness (QED) is 0.860. The highest BCUT2D eigenvalue weighted by molar-refractivity contribution is 6.01. The predicted octanol–water partition coefficient (Wildman–Crippen LogP) is 1.45. The maximum absolute atomic E-state index is 13.1. The molecule has 2 heterocycles. The number of carbonyl (C=O) groups is 3. The Morgan fingerprint density at radius 3 is 2.88 bits per heavy atom. The number of ether oxygens (including phenoxy) is 1. The molecule has 0 aliphatic carbocycles. The summed E-state index contributed by atoms with van der Waals surface area (Å²) in [6.45, 7) is 0.668. The Balaban J connectivity index is 1.86. The van der Waals surface area contributed by atoms with Gasteiger partial charge < -0.3 is 20.1 Å². The van der Waals surface area contributed by atoms with Crippen molar-refractivity contribution in [3.63, 3.8) is 0 Å². The van der Waals surface area contributed by atoms with Crippen LogP contribution in [0.5, 0.6) is 0 Å². The van der Waals surface area contributed by atoms with Gasteiger partial charge in [0.15, 0.2) is 0 Å². The number of nitrogens with one attached hydrogen (secondary N) is 1. The number of piperidine rings is 1. The van der Waals surface area contributed by atoms with Crippen molar-refractivity contribution >= 4 is 23.5 Å². The summed E-state index contributed by atoms with van der Waals surface area (Å²) in [5.41, 5.74) is 0.347. The molecule has 2 amide bonds. The first-order chi connectivity index (χ1) is 12.0. The number of aliphatic carboxylic acids is 1. The third-order valence-corrected chi connectivity index (χ3v) is 5.06. The van der Waals surface area contributed by atoms with Gasteiger partial charge in [-0.1, -0.05) is 18.2 Å². The fourth-order valence-electron chi connectivity index (χ4n) is 3.80. The Kier molecular flexibility index (Phi) is 4.76. The molecule has 1 aromatic carbocycles. The molecule has 2 N–H and O–H groups in total. The Morgan fingerprint density at radius 2 is 2.16 bits per heavy atom. The third-order valence-electron chi connectivity index (χ3n) is 5.06. The number of rotatable bonds is 4. The molecule has 0 aromatic heterocycles. The third kappa shape index (κ3) is 3.24. The van der Waals surface area contributed by atoms with Crippen molar-refractivity contribution in [2.45, 2.75) is 25.2 Å². The molecule has 2 aliphatic heterocycles. The number of fused-ring (bicyclic) bond motifs is 1. The van der Waals surface area contributed by atoms with E-state index >= 15 is 0 Å². The maximum atomic E-state index is 13.1. The molecule has 25 heavy (non-hydrogen) atoms. The predicted molar refractivity (Wildman–Crippen MR) is 90.2 cm³/mol. The molecule has 1 aromatic rings. The number of para-hydroxylation sites is 1. The molecule has 2 aliphatic rings. The van der Waals surface area contributed by atoms with E-state index in [9.17, 15) is 19.5 Å². The van der Waals surface area contributed by atoms with Crippen LogP contribution in [-0.2, 0) is 19.1 Å². The Hall–Kier alpha value is -2.41. The van der Waals surface area contributed by atoms with Gasteiger partial charge in [-0.2, -0.15) is 0 Å². The number of carboxylic acid groups (broad SMARTS) is 1. The average Bonchev–Trinajstić information content (AvgIpc) is 2.60. The van der Waals surface area contributed by atoms with Crippen molar-refractivity contribution in [3.05, 3.63) is 29.8 Å². The zero-order valence-electron chi connectivity index (χ0n) is 14.2. The minimum atomic E-state index is -1.08. The van der Waals surface area contributed by atoms with E-state index in [1.54, 1.807) is 17.0 Å². The zero-order chi connectivity index (χ0) is 18.0. The summed E-state index contributed by atoms with van der Waals surface area (Å²) in [5.74, 6) is -1.91. The van der Waals surface area contributed by atoms with Gasteiger partial charge in [0, 0.05) is 32.3 Å². The molecule has 1 saturated heterocycles. The van der Waals surface area contributed by atoms with Gasteiger partial charge in [-0.3, -0.25) is 14.4 Å². The number of amides is 2. The van der Waals surface area contributed by atoms with Crippen molar-refractivity contribution in [1.82, 2.24) is 4.90 Å². The Bertz CT molecular complexity index is 700.